The minimum Gasteiger partial charge on any atom is -0.352 e. The van der Waals surface area contributed by atoms with E-state index in [9.17, 15) is 9.59 Å². The first-order valence-electron chi connectivity index (χ1n) is 9.79. The first-order chi connectivity index (χ1) is 11.8. The Morgan fingerprint density at radius 2 is 1.96 bits per heavy atom. The molecule has 3 N–H and O–H groups in total. The summed E-state index contributed by atoms with van der Waals surface area (Å²) in [4.78, 5) is 25.5. The second-order valence-electron chi connectivity index (χ2n) is 9.30. The maximum atomic E-state index is 12.1. The van der Waals surface area contributed by atoms with E-state index in [1.165, 1.54) is 19.3 Å². The maximum absolute atomic E-state index is 12.1. The standard InChI is InChI=1S/C20H31N3O2/c1-19-10-8-14-12(13(19)5-6-15(19)22-18(21)25)4-7-16-20(14,2)11-9-17(24)23(16)3/h9,11-16H,4-8,10H2,1-3H3,(H3,21,22,25)/t12?,13?,14?,15-,16+,19-,20+/m0/s1. The number of rotatable bonds is 1. The van der Waals surface area contributed by atoms with E-state index in [0.717, 1.165) is 19.3 Å². The van der Waals surface area contributed by atoms with E-state index in [4.69, 9.17) is 5.73 Å². The normalized spacial score (nSPS) is 48.5. The summed E-state index contributed by atoms with van der Waals surface area (Å²) < 4.78 is 0. The van der Waals surface area contributed by atoms with Gasteiger partial charge in [0.05, 0.1) is 0 Å². The molecule has 4 rings (SSSR count). The van der Waals surface area contributed by atoms with Gasteiger partial charge in [-0.2, -0.15) is 0 Å². The first kappa shape index (κ1) is 16.9. The number of hydrogen-bond donors (Lipinski definition) is 2. The molecule has 0 aromatic carbocycles. The number of hydrogen-bond acceptors (Lipinski definition) is 2. The molecule has 25 heavy (non-hydrogen) atoms. The number of urea groups is 1. The lowest BCUT2D eigenvalue weighted by Gasteiger charge is -2.60. The molecule has 5 nitrogen and oxygen atoms in total. The predicted molar refractivity (Wildman–Crippen MR) is 96.6 cm³/mol. The Kier molecular flexibility index (Phi) is 3.71. The molecule has 0 spiro atoms. The van der Waals surface area contributed by atoms with Crippen LogP contribution in [0.3, 0.4) is 0 Å². The minimum atomic E-state index is -0.389. The van der Waals surface area contributed by atoms with E-state index in [2.05, 4.69) is 25.2 Å². The topological polar surface area (TPSA) is 75.4 Å². The van der Waals surface area contributed by atoms with E-state index in [0.29, 0.717) is 23.8 Å². The van der Waals surface area contributed by atoms with Crippen molar-refractivity contribution in [2.75, 3.05) is 7.05 Å². The number of primary amides is 1. The van der Waals surface area contributed by atoms with Crippen LogP contribution in [0.15, 0.2) is 12.2 Å². The summed E-state index contributed by atoms with van der Waals surface area (Å²) in [5, 5.41) is 3.03. The molecule has 1 aliphatic heterocycles. The largest absolute Gasteiger partial charge is 0.352 e. The van der Waals surface area contributed by atoms with Crippen molar-refractivity contribution in [2.45, 2.75) is 64.5 Å². The van der Waals surface area contributed by atoms with Crippen LogP contribution in [0.1, 0.15) is 52.4 Å². The second-order valence-corrected chi connectivity index (χ2v) is 9.30. The first-order valence-corrected chi connectivity index (χ1v) is 9.79. The summed E-state index contributed by atoms with van der Waals surface area (Å²) in [6, 6.07) is 0.157. The predicted octanol–water partition coefficient (Wildman–Crippen LogP) is 2.66. The summed E-state index contributed by atoms with van der Waals surface area (Å²) >= 11 is 0. The van der Waals surface area contributed by atoms with Gasteiger partial charge in [0.25, 0.3) is 0 Å². The Morgan fingerprint density at radius 3 is 2.68 bits per heavy atom. The highest BCUT2D eigenvalue weighted by molar-refractivity contribution is 5.89. The van der Waals surface area contributed by atoms with E-state index in [1.807, 2.05) is 11.9 Å². The van der Waals surface area contributed by atoms with Crippen LogP contribution in [0, 0.1) is 28.6 Å². The third-order valence-electron chi connectivity index (χ3n) is 8.44. The number of fused-ring (bicyclic) bond motifs is 5. The van der Waals surface area contributed by atoms with Crippen molar-refractivity contribution >= 4 is 11.9 Å². The van der Waals surface area contributed by atoms with Gasteiger partial charge in [-0.15, -0.1) is 0 Å². The molecule has 0 radical (unpaired) electrons. The average Bonchev–Trinajstić information content (AvgIpc) is 2.88. The van der Waals surface area contributed by atoms with Crippen molar-refractivity contribution < 1.29 is 9.59 Å². The van der Waals surface area contributed by atoms with E-state index >= 15 is 0 Å². The van der Waals surface area contributed by atoms with Gasteiger partial charge in [0, 0.05) is 24.5 Å². The van der Waals surface area contributed by atoms with Crippen LogP contribution in [0.4, 0.5) is 4.79 Å². The lowest BCUT2D eigenvalue weighted by molar-refractivity contribution is -0.138. The van der Waals surface area contributed by atoms with Crippen molar-refractivity contribution in [2.24, 2.45) is 34.3 Å². The minimum absolute atomic E-state index is 0.0854. The number of likely N-dealkylation sites (N-methyl/N-ethyl adjacent to an activating group) is 1. The average molecular weight is 345 g/mol. The van der Waals surface area contributed by atoms with Crippen LogP contribution in [0.5, 0.6) is 0 Å². The fourth-order valence-corrected chi connectivity index (χ4v) is 7.15. The Hall–Kier alpha value is -1.52. The fraction of sp³-hybridized carbons (Fsp3) is 0.800. The number of nitrogens with zero attached hydrogens (tertiary/aromatic N) is 1. The van der Waals surface area contributed by atoms with Gasteiger partial charge in [0.15, 0.2) is 0 Å². The molecule has 0 aromatic rings. The van der Waals surface area contributed by atoms with Crippen LogP contribution in [-0.4, -0.2) is 36.0 Å². The fourth-order valence-electron chi connectivity index (χ4n) is 7.15. The number of amides is 3. The highest BCUT2D eigenvalue weighted by Crippen LogP contribution is 2.63. The molecule has 3 saturated carbocycles. The van der Waals surface area contributed by atoms with Crippen molar-refractivity contribution in [1.82, 2.24) is 10.2 Å². The van der Waals surface area contributed by atoms with Crippen LogP contribution < -0.4 is 11.1 Å². The third-order valence-corrected chi connectivity index (χ3v) is 8.44. The molecule has 138 valence electrons. The Morgan fingerprint density at radius 1 is 1.20 bits per heavy atom. The number of nitrogens with one attached hydrogen (secondary N) is 1. The van der Waals surface area contributed by atoms with Gasteiger partial charge in [-0.25, -0.2) is 4.79 Å². The van der Waals surface area contributed by atoms with Crippen molar-refractivity contribution in [1.29, 1.82) is 0 Å². The van der Waals surface area contributed by atoms with Crippen LogP contribution >= 0.6 is 0 Å². The SMILES string of the molecule is CN1C(=O)C=C[C@]2(C)C3CC[C@@]4(C)C(CC[C@@H]4NC(N)=O)C3CC[C@@H]12. The highest BCUT2D eigenvalue weighted by Gasteiger charge is 2.60. The molecule has 7 atom stereocenters. The Balaban J connectivity index is 1.63. The molecular formula is C20H31N3O2. The van der Waals surface area contributed by atoms with Crippen molar-refractivity contribution in [3.05, 3.63) is 12.2 Å². The van der Waals surface area contributed by atoms with Gasteiger partial charge in [0.1, 0.15) is 0 Å². The zero-order valence-corrected chi connectivity index (χ0v) is 15.6. The molecular weight excluding hydrogens is 314 g/mol. The molecule has 4 aliphatic rings. The number of carbonyl (C=O) groups excluding carboxylic acids is 2. The van der Waals surface area contributed by atoms with E-state index < -0.39 is 0 Å². The summed E-state index contributed by atoms with van der Waals surface area (Å²) in [6.07, 6.45) is 10.8. The second kappa shape index (κ2) is 5.49. The maximum Gasteiger partial charge on any atom is 0.312 e. The van der Waals surface area contributed by atoms with Gasteiger partial charge in [-0.05, 0) is 67.8 Å². The molecule has 5 heteroatoms. The molecule has 0 saturated heterocycles. The quantitative estimate of drug-likeness (QED) is 0.766. The summed E-state index contributed by atoms with van der Waals surface area (Å²) in [7, 11) is 1.96. The van der Waals surface area contributed by atoms with E-state index in [-0.39, 0.29) is 28.8 Å². The molecule has 1 heterocycles. The number of nitrogens with two attached hydrogens (primary N) is 1. The highest BCUT2D eigenvalue weighted by atomic mass is 16.2. The molecule has 0 bridgehead atoms. The van der Waals surface area contributed by atoms with E-state index in [1.54, 1.807) is 6.08 Å². The molecule has 3 unspecified atom stereocenters. The van der Waals surface area contributed by atoms with Crippen LogP contribution in [0.2, 0.25) is 0 Å². The molecule has 3 fully saturated rings. The lowest BCUT2D eigenvalue weighted by Crippen LogP contribution is -2.60. The molecule has 0 aromatic heterocycles. The molecule has 3 aliphatic carbocycles. The Labute approximate surface area is 150 Å². The van der Waals surface area contributed by atoms with Crippen molar-refractivity contribution in [3.8, 4) is 0 Å². The van der Waals surface area contributed by atoms with Gasteiger partial charge >= 0.3 is 6.03 Å². The Bertz CT molecular complexity index is 632. The smallest absolute Gasteiger partial charge is 0.312 e. The third kappa shape index (κ3) is 2.27. The van der Waals surface area contributed by atoms with Gasteiger partial charge in [-0.1, -0.05) is 19.9 Å². The lowest BCUT2D eigenvalue weighted by atomic mass is 9.48. The zero-order valence-electron chi connectivity index (χ0n) is 15.6. The van der Waals surface area contributed by atoms with Crippen LogP contribution in [0.25, 0.3) is 0 Å². The summed E-state index contributed by atoms with van der Waals surface area (Å²) in [6.45, 7) is 4.73. The summed E-state index contributed by atoms with van der Waals surface area (Å²) in [5.74, 6) is 2.11. The monoisotopic (exact) mass is 345 g/mol. The van der Waals surface area contributed by atoms with Gasteiger partial charge in [-0.3, -0.25) is 4.79 Å². The zero-order chi connectivity index (χ0) is 18.0. The van der Waals surface area contributed by atoms with Gasteiger partial charge in [0.2, 0.25) is 5.91 Å². The van der Waals surface area contributed by atoms with Crippen molar-refractivity contribution in [3.63, 3.8) is 0 Å². The molecule has 3 amide bonds. The number of carbonyl (C=O) groups is 2. The van der Waals surface area contributed by atoms with Crippen LogP contribution in [-0.2, 0) is 4.79 Å². The van der Waals surface area contributed by atoms with Gasteiger partial charge < -0.3 is 16.0 Å². The summed E-state index contributed by atoms with van der Waals surface area (Å²) in [5.41, 5.74) is 5.68.